The Morgan fingerprint density at radius 1 is 0.345 bits per heavy atom. The van der Waals surface area contributed by atoms with Gasteiger partial charge >= 0.3 is 0 Å². The molecule has 0 saturated heterocycles. The summed E-state index contributed by atoms with van der Waals surface area (Å²) >= 11 is 3.74. The Morgan fingerprint density at radius 2 is 0.879 bits per heavy atom. The molecule has 0 fully saturated rings. The van der Waals surface area contributed by atoms with E-state index in [1.54, 1.807) is 0 Å². The molecule has 0 aliphatic carbocycles. The van der Waals surface area contributed by atoms with E-state index in [9.17, 15) is 0 Å². The number of hydrogen-bond acceptors (Lipinski definition) is 3. The summed E-state index contributed by atoms with van der Waals surface area (Å²) in [5.41, 5.74) is 11.8. The Bertz CT molecular complexity index is 3480. The number of benzene rings is 9. The summed E-state index contributed by atoms with van der Waals surface area (Å²) in [5, 5.41) is 7.74. The van der Waals surface area contributed by atoms with Crippen molar-refractivity contribution in [3.8, 4) is 27.9 Å². The second-order valence-corrected chi connectivity index (χ2v) is 17.0. The van der Waals surface area contributed by atoms with E-state index in [2.05, 4.69) is 216 Å². The first kappa shape index (κ1) is 33.2. The van der Waals surface area contributed by atoms with Gasteiger partial charge < -0.3 is 9.47 Å². The summed E-state index contributed by atoms with van der Waals surface area (Å²) in [4.78, 5) is 2.45. The van der Waals surface area contributed by atoms with Gasteiger partial charge in [0.2, 0.25) is 0 Å². The zero-order valence-corrected chi connectivity index (χ0v) is 33.0. The predicted octanol–water partition coefficient (Wildman–Crippen LogP) is 16.3. The molecule has 0 N–H and O–H groups in total. The third-order valence-corrected chi connectivity index (χ3v) is 14.0. The van der Waals surface area contributed by atoms with Gasteiger partial charge in [-0.25, -0.2) is 0 Å². The molecule has 0 aliphatic rings. The van der Waals surface area contributed by atoms with Crippen LogP contribution in [0.1, 0.15) is 0 Å². The van der Waals surface area contributed by atoms with Crippen molar-refractivity contribution < 1.29 is 0 Å². The molecule has 0 unspecified atom stereocenters. The molecule has 9 aromatic carbocycles. The van der Waals surface area contributed by atoms with Crippen molar-refractivity contribution in [1.82, 2.24) is 4.57 Å². The third-order valence-electron chi connectivity index (χ3n) is 11.6. The van der Waals surface area contributed by atoms with Crippen LogP contribution >= 0.6 is 22.7 Å². The Hall–Kier alpha value is -6.98. The zero-order chi connectivity index (χ0) is 38.2. The summed E-state index contributed by atoms with van der Waals surface area (Å²) in [7, 11) is 0. The molecular formula is C54H34N2S2. The maximum Gasteiger partial charge on any atom is 0.0640 e. The Kier molecular flexibility index (Phi) is 7.62. The van der Waals surface area contributed by atoms with Gasteiger partial charge in [0.15, 0.2) is 0 Å². The first-order valence-electron chi connectivity index (χ1n) is 19.7. The Labute approximate surface area is 343 Å². The highest BCUT2D eigenvalue weighted by molar-refractivity contribution is 7.26. The van der Waals surface area contributed by atoms with E-state index in [4.69, 9.17) is 0 Å². The fraction of sp³-hybridized carbons (Fsp3) is 0. The number of aromatic nitrogens is 1. The van der Waals surface area contributed by atoms with Crippen molar-refractivity contribution in [2.45, 2.75) is 0 Å². The lowest BCUT2D eigenvalue weighted by Gasteiger charge is -2.26. The average molecular weight is 775 g/mol. The topological polar surface area (TPSA) is 8.17 Å². The van der Waals surface area contributed by atoms with Crippen molar-refractivity contribution in [1.29, 1.82) is 0 Å². The average Bonchev–Trinajstić information content (AvgIpc) is 3.97. The summed E-state index contributed by atoms with van der Waals surface area (Å²) in [5.74, 6) is 0. The summed E-state index contributed by atoms with van der Waals surface area (Å²) in [6, 6.07) is 75.6. The van der Waals surface area contributed by atoms with Gasteiger partial charge in [-0.2, -0.15) is 0 Å². The van der Waals surface area contributed by atoms with E-state index >= 15 is 0 Å². The highest BCUT2D eigenvalue weighted by atomic mass is 32.1. The summed E-state index contributed by atoms with van der Waals surface area (Å²) in [6.45, 7) is 0. The van der Waals surface area contributed by atoms with Crippen LogP contribution in [0, 0.1) is 0 Å². The van der Waals surface area contributed by atoms with Crippen molar-refractivity contribution in [3.63, 3.8) is 0 Å². The molecule has 4 heteroatoms. The van der Waals surface area contributed by atoms with E-state index in [0.29, 0.717) is 0 Å². The van der Waals surface area contributed by atoms with Crippen molar-refractivity contribution in [3.05, 3.63) is 206 Å². The molecular weight excluding hydrogens is 741 g/mol. The lowest BCUT2D eigenvalue weighted by atomic mass is 9.93. The maximum atomic E-state index is 2.45. The van der Waals surface area contributed by atoms with Gasteiger partial charge in [-0.15, -0.1) is 22.7 Å². The molecule has 12 rings (SSSR count). The van der Waals surface area contributed by atoms with E-state index < -0.39 is 0 Å². The van der Waals surface area contributed by atoms with E-state index in [1.807, 2.05) is 22.7 Å². The molecule has 0 amide bonds. The smallest absolute Gasteiger partial charge is 0.0640 e. The number of nitrogens with zero attached hydrogens (tertiary/aromatic N) is 2. The van der Waals surface area contributed by atoms with Gasteiger partial charge in [0.1, 0.15) is 0 Å². The Balaban J connectivity index is 1.01. The van der Waals surface area contributed by atoms with Gasteiger partial charge in [0, 0.05) is 63.4 Å². The predicted molar refractivity (Wildman–Crippen MR) is 252 cm³/mol. The van der Waals surface area contributed by atoms with Crippen LogP contribution in [-0.4, -0.2) is 4.57 Å². The van der Waals surface area contributed by atoms with Crippen molar-refractivity contribution in [2.24, 2.45) is 0 Å². The monoisotopic (exact) mass is 774 g/mol. The molecule has 0 spiro atoms. The molecule has 0 bridgehead atoms. The third kappa shape index (κ3) is 5.16. The Morgan fingerprint density at radius 3 is 1.62 bits per heavy atom. The molecule has 58 heavy (non-hydrogen) atoms. The van der Waals surface area contributed by atoms with E-state index in [1.165, 1.54) is 95.8 Å². The minimum atomic E-state index is 1.12. The van der Waals surface area contributed by atoms with Crippen LogP contribution in [0.5, 0.6) is 0 Å². The standard InChI is InChI=1S/C54H34N2S2/c1-2-15-39(40-16-3-8-22-47(40)56-48-23-9-4-17-41(48)42-18-5-10-24-49(42)56)38(14-1)35-28-30-36(31-29-35)55(37-32-33-45-43-19-6-11-26-51(43)57-53(45)34-37)50-25-13-21-46-44-20-7-12-27-52(44)58-54(46)50/h1-34H. The van der Waals surface area contributed by atoms with Gasteiger partial charge in [-0.05, 0) is 77.4 Å². The number of fused-ring (bicyclic) bond motifs is 9. The van der Waals surface area contributed by atoms with Gasteiger partial charge in [0.05, 0.1) is 27.1 Å². The normalized spacial score (nSPS) is 11.8. The molecule has 0 atom stereocenters. The van der Waals surface area contributed by atoms with Crippen LogP contribution < -0.4 is 4.90 Å². The van der Waals surface area contributed by atoms with Crippen LogP contribution in [0.3, 0.4) is 0 Å². The number of para-hydroxylation sites is 3. The molecule has 0 radical (unpaired) electrons. The molecule has 272 valence electrons. The second-order valence-electron chi connectivity index (χ2n) is 14.8. The molecule has 3 aromatic heterocycles. The highest BCUT2D eigenvalue weighted by Gasteiger charge is 2.21. The van der Waals surface area contributed by atoms with Crippen molar-refractivity contribution in [2.75, 3.05) is 4.90 Å². The van der Waals surface area contributed by atoms with Crippen LogP contribution in [0.2, 0.25) is 0 Å². The summed E-state index contributed by atoms with van der Waals surface area (Å²) < 4.78 is 7.63. The lowest BCUT2D eigenvalue weighted by Crippen LogP contribution is -2.10. The molecule has 2 nitrogen and oxygen atoms in total. The van der Waals surface area contributed by atoms with Crippen LogP contribution in [0.15, 0.2) is 206 Å². The quantitative estimate of drug-likeness (QED) is 0.163. The zero-order valence-electron chi connectivity index (χ0n) is 31.3. The van der Waals surface area contributed by atoms with E-state index in [-0.39, 0.29) is 0 Å². The van der Waals surface area contributed by atoms with Crippen LogP contribution in [0.4, 0.5) is 17.1 Å². The maximum absolute atomic E-state index is 2.45. The minimum Gasteiger partial charge on any atom is -0.309 e. The van der Waals surface area contributed by atoms with Gasteiger partial charge in [0.25, 0.3) is 0 Å². The minimum absolute atomic E-state index is 1.12. The fourth-order valence-corrected chi connectivity index (χ4v) is 11.4. The first-order valence-corrected chi connectivity index (χ1v) is 21.3. The van der Waals surface area contributed by atoms with Crippen LogP contribution in [0.25, 0.3) is 90.1 Å². The molecule has 12 aromatic rings. The summed E-state index contributed by atoms with van der Waals surface area (Å²) in [6.07, 6.45) is 0. The fourth-order valence-electron chi connectivity index (χ4n) is 9.03. The molecule has 0 saturated carbocycles. The largest absolute Gasteiger partial charge is 0.309 e. The molecule has 3 heterocycles. The number of anilines is 3. The van der Waals surface area contributed by atoms with Gasteiger partial charge in [-0.1, -0.05) is 146 Å². The van der Waals surface area contributed by atoms with Gasteiger partial charge in [-0.3, -0.25) is 0 Å². The van der Waals surface area contributed by atoms with Crippen LogP contribution in [-0.2, 0) is 0 Å². The second kappa shape index (κ2) is 13.3. The van der Waals surface area contributed by atoms with Crippen molar-refractivity contribution >= 4 is 102 Å². The SMILES string of the molecule is c1ccc(-c2ccccc2-n2c3ccccc3c3ccccc32)c(-c2ccc(N(c3ccc4c(c3)sc3ccccc34)c3cccc4c3sc3ccccc34)cc2)c1. The number of rotatable bonds is 6. The number of hydrogen-bond donors (Lipinski definition) is 0. The first-order chi connectivity index (χ1) is 28.8. The highest BCUT2D eigenvalue weighted by Crippen LogP contribution is 2.47. The molecule has 0 aliphatic heterocycles. The number of thiophene rings is 2. The van der Waals surface area contributed by atoms with E-state index in [0.717, 1.165) is 11.4 Å². The lowest BCUT2D eigenvalue weighted by molar-refractivity contribution is 1.18.